The average Bonchev–Trinajstić information content (AvgIpc) is 2.30. The predicted molar refractivity (Wildman–Crippen MR) is 46.5 cm³/mol. The zero-order chi connectivity index (χ0) is 7.84. The molecular weight excluding hydrogens is 134 g/mol. The molecular formula is C10H10N. The van der Waals surface area contributed by atoms with Gasteiger partial charge >= 0.3 is 0 Å². The Morgan fingerprint density at radius 3 is 3.00 bits per heavy atom. The van der Waals surface area contributed by atoms with Crippen LogP contribution in [0.3, 0.4) is 0 Å². The molecule has 2 rings (SSSR count). The fourth-order valence-electron chi connectivity index (χ4n) is 1.34. The first kappa shape index (κ1) is 6.47. The summed E-state index contributed by atoms with van der Waals surface area (Å²) in [5.41, 5.74) is 2.53. The van der Waals surface area contributed by atoms with E-state index in [2.05, 4.69) is 36.7 Å². The van der Waals surface area contributed by atoms with Crippen LogP contribution in [0.15, 0.2) is 24.3 Å². The molecule has 0 aliphatic carbocycles. The minimum Gasteiger partial charge on any atom is -0.348 e. The molecule has 0 N–H and O–H groups in total. The van der Waals surface area contributed by atoms with Gasteiger partial charge in [0.05, 0.1) is 0 Å². The van der Waals surface area contributed by atoms with Crippen LogP contribution in [-0.2, 0) is 7.05 Å². The number of rotatable bonds is 0. The Labute approximate surface area is 66.3 Å². The molecule has 0 spiro atoms. The van der Waals surface area contributed by atoms with Gasteiger partial charge in [0.25, 0.3) is 0 Å². The molecule has 0 unspecified atom stereocenters. The first-order chi connectivity index (χ1) is 5.29. The normalized spacial score (nSPS) is 10.7. The van der Waals surface area contributed by atoms with Crippen molar-refractivity contribution in [2.45, 2.75) is 6.92 Å². The largest absolute Gasteiger partial charge is 0.348 e. The van der Waals surface area contributed by atoms with Gasteiger partial charge in [-0.2, -0.15) is 0 Å². The highest BCUT2D eigenvalue weighted by atomic mass is 14.9. The molecule has 0 amide bonds. The number of aryl methyl sites for hydroxylation is 2. The third-order valence-electron chi connectivity index (χ3n) is 2.11. The van der Waals surface area contributed by atoms with Crippen LogP contribution in [0.5, 0.6) is 0 Å². The maximum absolute atomic E-state index is 3.19. The quantitative estimate of drug-likeness (QED) is 0.534. The minimum absolute atomic E-state index is 1.20. The Morgan fingerprint density at radius 1 is 1.45 bits per heavy atom. The number of nitrogens with zero attached hydrogens (tertiary/aromatic N) is 1. The van der Waals surface area contributed by atoms with E-state index >= 15 is 0 Å². The van der Waals surface area contributed by atoms with E-state index in [4.69, 9.17) is 0 Å². The van der Waals surface area contributed by atoms with Crippen LogP contribution >= 0.6 is 0 Å². The molecule has 2 aromatic rings. The predicted octanol–water partition coefficient (Wildman–Crippen LogP) is 2.29. The Morgan fingerprint density at radius 2 is 2.27 bits per heavy atom. The van der Waals surface area contributed by atoms with Crippen LogP contribution in [0.25, 0.3) is 10.9 Å². The van der Waals surface area contributed by atoms with Gasteiger partial charge in [0.1, 0.15) is 0 Å². The minimum atomic E-state index is 1.20. The van der Waals surface area contributed by atoms with Gasteiger partial charge in [0.2, 0.25) is 0 Å². The monoisotopic (exact) mass is 144 g/mol. The van der Waals surface area contributed by atoms with Crippen LogP contribution in [0.4, 0.5) is 0 Å². The summed E-state index contributed by atoms with van der Waals surface area (Å²) < 4.78 is 2.17. The summed E-state index contributed by atoms with van der Waals surface area (Å²) in [6.07, 6.45) is 0. The summed E-state index contributed by atoms with van der Waals surface area (Å²) in [6, 6.07) is 11.4. The van der Waals surface area contributed by atoms with E-state index in [0.717, 1.165) is 0 Å². The first-order valence-corrected chi connectivity index (χ1v) is 3.72. The van der Waals surface area contributed by atoms with E-state index in [1.807, 2.05) is 12.1 Å². The highest BCUT2D eigenvalue weighted by Gasteiger charge is 1.98. The summed E-state index contributed by atoms with van der Waals surface area (Å²) >= 11 is 0. The van der Waals surface area contributed by atoms with Gasteiger partial charge in [0, 0.05) is 23.6 Å². The van der Waals surface area contributed by atoms with Crippen LogP contribution in [0.1, 0.15) is 5.69 Å². The maximum Gasteiger partial charge on any atom is 0.0486 e. The SMILES string of the molecule is Cc1cc2[c]cccc2n1C. The van der Waals surface area contributed by atoms with Crippen molar-refractivity contribution < 1.29 is 0 Å². The maximum atomic E-state index is 3.19. The van der Waals surface area contributed by atoms with Crippen LogP contribution in [0.2, 0.25) is 0 Å². The van der Waals surface area contributed by atoms with E-state index in [0.29, 0.717) is 0 Å². The third kappa shape index (κ3) is 0.845. The van der Waals surface area contributed by atoms with Crippen molar-refractivity contribution in [3.63, 3.8) is 0 Å². The molecule has 1 aromatic carbocycles. The van der Waals surface area contributed by atoms with Crippen molar-refractivity contribution in [1.82, 2.24) is 4.57 Å². The van der Waals surface area contributed by atoms with Crippen molar-refractivity contribution in [2.24, 2.45) is 7.05 Å². The van der Waals surface area contributed by atoms with Crippen LogP contribution in [0, 0.1) is 13.0 Å². The zero-order valence-electron chi connectivity index (χ0n) is 6.76. The van der Waals surface area contributed by atoms with Gasteiger partial charge < -0.3 is 4.57 Å². The van der Waals surface area contributed by atoms with Crippen LogP contribution < -0.4 is 0 Å². The zero-order valence-corrected chi connectivity index (χ0v) is 6.76. The molecule has 1 nitrogen and oxygen atoms in total. The van der Waals surface area contributed by atoms with Crippen LogP contribution in [-0.4, -0.2) is 4.57 Å². The lowest BCUT2D eigenvalue weighted by molar-refractivity contribution is 0.918. The standard InChI is InChI=1S/C10H10N/c1-8-7-9-5-3-4-6-10(9)11(8)2/h3-4,6-7H,1-2H3. The second-order valence-electron chi connectivity index (χ2n) is 2.81. The second-order valence-corrected chi connectivity index (χ2v) is 2.81. The molecule has 0 saturated heterocycles. The average molecular weight is 144 g/mol. The molecule has 0 fully saturated rings. The molecule has 1 radical (unpaired) electrons. The molecule has 1 heterocycles. The lowest BCUT2D eigenvalue weighted by Gasteiger charge is -1.96. The number of hydrogen-bond acceptors (Lipinski definition) is 0. The summed E-state index contributed by atoms with van der Waals surface area (Å²) in [5, 5.41) is 1.20. The molecule has 0 atom stereocenters. The second kappa shape index (κ2) is 2.12. The number of hydrogen-bond donors (Lipinski definition) is 0. The van der Waals surface area contributed by atoms with Crippen molar-refractivity contribution in [3.8, 4) is 0 Å². The van der Waals surface area contributed by atoms with Gasteiger partial charge in [-0.05, 0) is 25.1 Å². The summed E-state index contributed by atoms with van der Waals surface area (Å²) in [4.78, 5) is 0. The topological polar surface area (TPSA) is 4.93 Å². The molecule has 0 aliphatic rings. The number of benzene rings is 1. The van der Waals surface area contributed by atoms with Crippen molar-refractivity contribution >= 4 is 10.9 Å². The van der Waals surface area contributed by atoms with Crippen molar-refractivity contribution in [1.29, 1.82) is 0 Å². The third-order valence-corrected chi connectivity index (χ3v) is 2.11. The van der Waals surface area contributed by atoms with Gasteiger partial charge in [-0.15, -0.1) is 0 Å². The van der Waals surface area contributed by atoms with E-state index in [1.54, 1.807) is 0 Å². The Bertz CT molecular complexity index is 385. The molecule has 1 heteroatoms. The Kier molecular flexibility index (Phi) is 1.25. The van der Waals surface area contributed by atoms with Gasteiger partial charge in [-0.25, -0.2) is 0 Å². The molecule has 0 bridgehead atoms. The van der Waals surface area contributed by atoms with Crippen molar-refractivity contribution in [2.75, 3.05) is 0 Å². The van der Waals surface area contributed by atoms with E-state index < -0.39 is 0 Å². The van der Waals surface area contributed by atoms with Gasteiger partial charge in [0.15, 0.2) is 0 Å². The van der Waals surface area contributed by atoms with E-state index in [-0.39, 0.29) is 0 Å². The first-order valence-electron chi connectivity index (χ1n) is 3.72. The van der Waals surface area contributed by atoms with Gasteiger partial charge in [-0.1, -0.05) is 12.1 Å². The lowest BCUT2D eigenvalue weighted by atomic mass is 10.2. The lowest BCUT2D eigenvalue weighted by Crippen LogP contribution is -1.88. The summed E-state index contributed by atoms with van der Waals surface area (Å²) in [7, 11) is 2.07. The summed E-state index contributed by atoms with van der Waals surface area (Å²) in [6.45, 7) is 2.10. The fourth-order valence-corrected chi connectivity index (χ4v) is 1.34. The highest BCUT2D eigenvalue weighted by molar-refractivity contribution is 5.80. The number of fused-ring (bicyclic) bond motifs is 1. The molecule has 0 saturated carbocycles. The Hall–Kier alpha value is -1.24. The summed E-state index contributed by atoms with van der Waals surface area (Å²) in [5.74, 6) is 0. The molecule has 11 heavy (non-hydrogen) atoms. The van der Waals surface area contributed by atoms with Crippen molar-refractivity contribution in [3.05, 3.63) is 36.0 Å². The number of aromatic nitrogens is 1. The fraction of sp³-hybridized carbons (Fsp3) is 0.200. The smallest absolute Gasteiger partial charge is 0.0486 e. The van der Waals surface area contributed by atoms with E-state index in [1.165, 1.54) is 16.6 Å². The Balaban J connectivity index is 2.92. The molecule has 0 aliphatic heterocycles. The molecule has 55 valence electrons. The van der Waals surface area contributed by atoms with E-state index in [9.17, 15) is 0 Å². The molecule has 1 aromatic heterocycles. The highest BCUT2D eigenvalue weighted by Crippen LogP contribution is 2.16. The van der Waals surface area contributed by atoms with Gasteiger partial charge in [-0.3, -0.25) is 0 Å².